The first kappa shape index (κ1) is 9.47. The molecule has 2 amide bonds. The predicted molar refractivity (Wildman–Crippen MR) is 55.0 cm³/mol. The van der Waals surface area contributed by atoms with Gasteiger partial charge in [0.2, 0.25) is 0 Å². The number of carbonyl (C=O) groups excluding carboxylic acids is 1. The summed E-state index contributed by atoms with van der Waals surface area (Å²) in [6.07, 6.45) is 4.58. The van der Waals surface area contributed by atoms with Gasteiger partial charge >= 0.3 is 6.03 Å². The molecule has 3 fully saturated rings. The lowest BCUT2D eigenvalue weighted by Crippen LogP contribution is -2.41. The standard InChI is InChI=1S/C11H13N3O3/c15-10-13-6-9(14(10)16)11(2-3-11)5-8(13)7-1-4-17-12-7/h1,4,8-9,16H,2-3,5-6H2/t8?,9-/m1/s1. The van der Waals surface area contributed by atoms with Crippen LogP contribution in [-0.4, -0.2) is 38.9 Å². The maximum atomic E-state index is 12.0. The van der Waals surface area contributed by atoms with Gasteiger partial charge in [-0.1, -0.05) is 5.16 Å². The number of hydrogen-bond acceptors (Lipinski definition) is 4. The minimum Gasteiger partial charge on any atom is -0.364 e. The topological polar surface area (TPSA) is 69.8 Å². The quantitative estimate of drug-likeness (QED) is 0.747. The highest BCUT2D eigenvalue weighted by atomic mass is 16.5. The number of fused-ring (bicyclic) bond motifs is 3. The molecule has 1 aliphatic carbocycles. The van der Waals surface area contributed by atoms with Gasteiger partial charge in [-0.3, -0.25) is 5.21 Å². The van der Waals surface area contributed by atoms with Crippen LogP contribution in [0.25, 0.3) is 0 Å². The number of aromatic nitrogens is 1. The molecule has 2 atom stereocenters. The lowest BCUT2D eigenvalue weighted by atomic mass is 9.84. The zero-order valence-electron chi connectivity index (χ0n) is 9.24. The van der Waals surface area contributed by atoms with E-state index in [0.29, 0.717) is 6.54 Å². The van der Waals surface area contributed by atoms with E-state index in [4.69, 9.17) is 4.52 Å². The number of piperidine rings is 1. The Labute approximate surface area is 97.7 Å². The lowest BCUT2D eigenvalue weighted by Gasteiger charge is -2.35. The first-order chi connectivity index (χ1) is 8.21. The number of nitrogens with zero attached hydrogens (tertiary/aromatic N) is 3. The predicted octanol–water partition coefficient (Wildman–Crippen LogP) is 1.39. The van der Waals surface area contributed by atoms with E-state index in [2.05, 4.69) is 5.16 Å². The molecule has 1 spiro atoms. The zero-order valence-corrected chi connectivity index (χ0v) is 9.24. The maximum absolute atomic E-state index is 12.0. The summed E-state index contributed by atoms with van der Waals surface area (Å²) in [6, 6.07) is 1.43. The Kier molecular flexibility index (Phi) is 1.57. The summed E-state index contributed by atoms with van der Waals surface area (Å²) < 4.78 is 4.86. The van der Waals surface area contributed by atoms with Crippen molar-refractivity contribution in [3.8, 4) is 0 Å². The Balaban J connectivity index is 1.76. The van der Waals surface area contributed by atoms with Crippen LogP contribution in [0.3, 0.4) is 0 Å². The van der Waals surface area contributed by atoms with Crippen molar-refractivity contribution in [3.05, 3.63) is 18.0 Å². The monoisotopic (exact) mass is 235 g/mol. The molecule has 1 saturated carbocycles. The van der Waals surface area contributed by atoms with Crippen molar-refractivity contribution in [2.24, 2.45) is 5.41 Å². The average molecular weight is 235 g/mol. The van der Waals surface area contributed by atoms with Crippen LogP contribution in [0.5, 0.6) is 0 Å². The molecule has 0 aromatic carbocycles. The number of amides is 2. The van der Waals surface area contributed by atoms with Crippen LogP contribution in [0.2, 0.25) is 0 Å². The Morgan fingerprint density at radius 1 is 1.53 bits per heavy atom. The lowest BCUT2D eigenvalue weighted by molar-refractivity contribution is -0.0782. The van der Waals surface area contributed by atoms with Gasteiger partial charge < -0.3 is 9.42 Å². The summed E-state index contributed by atoms with van der Waals surface area (Å²) in [4.78, 5) is 13.7. The highest BCUT2D eigenvalue weighted by Crippen LogP contribution is 2.61. The van der Waals surface area contributed by atoms with Gasteiger partial charge in [-0.25, -0.2) is 9.86 Å². The molecule has 1 N–H and O–H groups in total. The molecule has 3 aliphatic rings. The van der Waals surface area contributed by atoms with Crippen LogP contribution in [0.1, 0.15) is 31.0 Å². The van der Waals surface area contributed by atoms with Gasteiger partial charge in [0.05, 0.1) is 12.1 Å². The van der Waals surface area contributed by atoms with Crippen molar-refractivity contribution in [1.82, 2.24) is 15.1 Å². The molecule has 2 bridgehead atoms. The fraction of sp³-hybridized carbons (Fsp3) is 0.636. The smallest absolute Gasteiger partial charge is 0.344 e. The zero-order chi connectivity index (χ0) is 11.6. The van der Waals surface area contributed by atoms with Crippen molar-refractivity contribution in [3.63, 3.8) is 0 Å². The Bertz CT molecular complexity index is 468. The van der Waals surface area contributed by atoms with E-state index >= 15 is 0 Å². The van der Waals surface area contributed by atoms with Crippen molar-refractivity contribution >= 4 is 6.03 Å². The third-order valence-electron chi connectivity index (χ3n) is 4.48. The van der Waals surface area contributed by atoms with Crippen LogP contribution in [0.15, 0.2) is 16.9 Å². The molecule has 1 aromatic heterocycles. The third kappa shape index (κ3) is 1.08. The largest absolute Gasteiger partial charge is 0.364 e. The minimum atomic E-state index is -0.299. The van der Waals surface area contributed by atoms with E-state index in [1.807, 2.05) is 0 Å². The summed E-state index contributed by atoms with van der Waals surface area (Å²) in [6.45, 7) is 0.604. The summed E-state index contributed by atoms with van der Waals surface area (Å²) in [5.41, 5.74) is 0.902. The second kappa shape index (κ2) is 2.81. The van der Waals surface area contributed by atoms with Crippen molar-refractivity contribution in [1.29, 1.82) is 0 Å². The molecule has 90 valence electrons. The molecule has 2 saturated heterocycles. The molecule has 2 aliphatic heterocycles. The second-order valence-electron chi connectivity index (χ2n) is 5.30. The van der Waals surface area contributed by atoms with Crippen LogP contribution in [0, 0.1) is 5.41 Å². The molecular weight excluding hydrogens is 222 g/mol. The molecule has 4 rings (SSSR count). The molecule has 17 heavy (non-hydrogen) atoms. The summed E-state index contributed by atoms with van der Waals surface area (Å²) in [7, 11) is 0. The fourth-order valence-corrected chi connectivity index (χ4v) is 3.31. The number of hydroxylamine groups is 2. The summed E-state index contributed by atoms with van der Waals surface area (Å²) >= 11 is 0. The van der Waals surface area contributed by atoms with Crippen LogP contribution >= 0.6 is 0 Å². The Morgan fingerprint density at radius 3 is 3.00 bits per heavy atom. The molecular formula is C11H13N3O3. The summed E-state index contributed by atoms with van der Waals surface area (Å²) in [5, 5.41) is 14.7. The highest BCUT2D eigenvalue weighted by Gasteiger charge is 2.63. The van der Waals surface area contributed by atoms with Gasteiger partial charge in [0.1, 0.15) is 12.0 Å². The van der Waals surface area contributed by atoms with E-state index < -0.39 is 0 Å². The first-order valence-electron chi connectivity index (χ1n) is 5.90. The van der Waals surface area contributed by atoms with Crippen LogP contribution in [-0.2, 0) is 0 Å². The van der Waals surface area contributed by atoms with E-state index in [9.17, 15) is 10.0 Å². The highest BCUT2D eigenvalue weighted by molar-refractivity contribution is 5.77. The van der Waals surface area contributed by atoms with E-state index in [1.54, 1.807) is 11.0 Å². The number of urea groups is 1. The van der Waals surface area contributed by atoms with Gasteiger partial charge in [0, 0.05) is 12.6 Å². The molecule has 1 unspecified atom stereocenters. The SMILES string of the molecule is O=C1N2C[C@@H](N1O)C1(CC1)CC2c1ccon1. The van der Waals surface area contributed by atoms with Crippen molar-refractivity contribution in [2.75, 3.05) is 6.54 Å². The van der Waals surface area contributed by atoms with Crippen LogP contribution < -0.4 is 0 Å². The van der Waals surface area contributed by atoms with Gasteiger partial charge in [0.15, 0.2) is 0 Å². The molecule has 1 aromatic rings. The number of rotatable bonds is 1. The molecule has 0 radical (unpaired) electrons. The van der Waals surface area contributed by atoms with Gasteiger partial charge in [-0.05, 0) is 24.7 Å². The number of carbonyl (C=O) groups is 1. The van der Waals surface area contributed by atoms with Gasteiger partial charge in [0.25, 0.3) is 0 Å². The third-order valence-corrected chi connectivity index (χ3v) is 4.48. The molecule has 6 nitrogen and oxygen atoms in total. The second-order valence-corrected chi connectivity index (χ2v) is 5.30. The maximum Gasteiger partial charge on any atom is 0.344 e. The Morgan fingerprint density at radius 2 is 2.35 bits per heavy atom. The fourth-order valence-electron chi connectivity index (χ4n) is 3.31. The average Bonchev–Trinajstić information content (AvgIpc) is 2.81. The van der Waals surface area contributed by atoms with E-state index in [0.717, 1.165) is 30.0 Å². The number of hydrogen-bond donors (Lipinski definition) is 1. The minimum absolute atomic E-state index is 0.0295. The van der Waals surface area contributed by atoms with Crippen molar-refractivity contribution < 1.29 is 14.5 Å². The van der Waals surface area contributed by atoms with Crippen molar-refractivity contribution in [2.45, 2.75) is 31.3 Å². The van der Waals surface area contributed by atoms with Crippen LogP contribution in [0.4, 0.5) is 4.79 Å². The molecule has 3 heterocycles. The normalized spacial score (nSPS) is 33.6. The Hall–Kier alpha value is -1.56. The summed E-state index contributed by atoms with van der Waals surface area (Å²) in [5.74, 6) is 0. The van der Waals surface area contributed by atoms with Gasteiger partial charge in [-0.15, -0.1) is 0 Å². The first-order valence-corrected chi connectivity index (χ1v) is 5.90. The van der Waals surface area contributed by atoms with Gasteiger partial charge in [-0.2, -0.15) is 0 Å². The molecule has 6 heteroatoms. The van der Waals surface area contributed by atoms with E-state index in [-0.39, 0.29) is 23.5 Å². The van der Waals surface area contributed by atoms with E-state index in [1.165, 1.54) is 6.26 Å².